The van der Waals surface area contributed by atoms with Gasteiger partial charge >= 0.3 is 6.09 Å². The third-order valence-electron chi connectivity index (χ3n) is 2.34. The standard InChI is InChI=1S/C10H18FNO4/c1-2-3-9(11)16-10(14)12-4-5-15-8(6-12)7-13/h8-9,13H,2-7H2,1H3. The van der Waals surface area contributed by atoms with Gasteiger partial charge in [0.1, 0.15) is 0 Å². The van der Waals surface area contributed by atoms with Gasteiger partial charge in [0.15, 0.2) is 0 Å². The summed E-state index contributed by atoms with van der Waals surface area (Å²) in [6.07, 6.45) is -1.79. The summed E-state index contributed by atoms with van der Waals surface area (Å²) < 4.78 is 22.8. The summed E-state index contributed by atoms with van der Waals surface area (Å²) in [5, 5.41) is 8.88. The second-order valence-electron chi connectivity index (χ2n) is 3.70. The lowest BCUT2D eigenvalue weighted by atomic mass is 10.3. The fraction of sp³-hybridized carbons (Fsp3) is 0.900. The van der Waals surface area contributed by atoms with Gasteiger partial charge in [-0.05, 0) is 6.42 Å². The van der Waals surface area contributed by atoms with Gasteiger partial charge in [-0.1, -0.05) is 6.92 Å². The van der Waals surface area contributed by atoms with Crippen molar-refractivity contribution >= 4 is 6.09 Å². The molecule has 1 fully saturated rings. The average molecular weight is 235 g/mol. The lowest BCUT2D eigenvalue weighted by Crippen LogP contribution is -2.47. The maximum absolute atomic E-state index is 13.0. The highest BCUT2D eigenvalue weighted by atomic mass is 19.1. The Bertz CT molecular complexity index is 227. The van der Waals surface area contributed by atoms with E-state index in [9.17, 15) is 9.18 Å². The van der Waals surface area contributed by atoms with E-state index in [1.54, 1.807) is 0 Å². The van der Waals surface area contributed by atoms with Crippen molar-refractivity contribution in [2.75, 3.05) is 26.3 Å². The molecule has 1 aliphatic heterocycles. The van der Waals surface area contributed by atoms with Crippen molar-refractivity contribution in [3.05, 3.63) is 0 Å². The third-order valence-corrected chi connectivity index (χ3v) is 2.34. The van der Waals surface area contributed by atoms with Crippen LogP contribution >= 0.6 is 0 Å². The molecule has 0 aromatic rings. The van der Waals surface area contributed by atoms with Crippen LogP contribution in [0.15, 0.2) is 0 Å². The number of nitrogens with zero attached hydrogens (tertiary/aromatic N) is 1. The highest BCUT2D eigenvalue weighted by Gasteiger charge is 2.26. The van der Waals surface area contributed by atoms with Crippen LogP contribution in [-0.2, 0) is 9.47 Å². The maximum atomic E-state index is 13.0. The number of carbonyl (C=O) groups excluding carboxylic acids is 1. The number of hydrogen-bond acceptors (Lipinski definition) is 4. The van der Waals surface area contributed by atoms with Crippen molar-refractivity contribution in [2.45, 2.75) is 32.2 Å². The van der Waals surface area contributed by atoms with E-state index in [2.05, 4.69) is 4.74 Å². The Balaban J connectivity index is 2.35. The van der Waals surface area contributed by atoms with E-state index in [0.717, 1.165) is 0 Å². The Labute approximate surface area is 94.1 Å². The molecule has 1 heterocycles. The van der Waals surface area contributed by atoms with Gasteiger partial charge in [-0.2, -0.15) is 0 Å². The van der Waals surface area contributed by atoms with E-state index in [1.165, 1.54) is 4.90 Å². The second-order valence-corrected chi connectivity index (χ2v) is 3.70. The second kappa shape index (κ2) is 6.65. The van der Waals surface area contributed by atoms with Gasteiger partial charge in [-0.25, -0.2) is 9.18 Å². The minimum atomic E-state index is -1.55. The molecular formula is C10H18FNO4. The number of rotatable bonds is 4. The number of aliphatic hydroxyl groups is 1. The number of carbonyl (C=O) groups is 1. The van der Waals surface area contributed by atoms with Crippen LogP contribution in [0.4, 0.5) is 9.18 Å². The molecule has 1 amide bonds. The molecule has 0 aromatic carbocycles. The van der Waals surface area contributed by atoms with Crippen LogP contribution in [0, 0.1) is 0 Å². The molecule has 0 bridgehead atoms. The molecule has 1 saturated heterocycles. The molecule has 2 atom stereocenters. The molecule has 16 heavy (non-hydrogen) atoms. The summed E-state index contributed by atoms with van der Waals surface area (Å²) in [6, 6.07) is 0. The predicted octanol–water partition coefficient (Wildman–Crippen LogP) is 0.912. The molecule has 1 rings (SSSR count). The zero-order chi connectivity index (χ0) is 12.0. The summed E-state index contributed by atoms with van der Waals surface area (Å²) in [5.74, 6) is 0. The van der Waals surface area contributed by atoms with E-state index in [1.807, 2.05) is 6.92 Å². The molecule has 2 unspecified atom stereocenters. The SMILES string of the molecule is CCCC(F)OC(=O)N1CCOC(CO)C1. The summed E-state index contributed by atoms with van der Waals surface area (Å²) in [6.45, 7) is 2.61. The lowest BCUT2D eigenvalue weighted by Gasteiger charge is -2.31. The largest absolute Gasteiger partial charge is 0.415 e. The van der Waals surface area contributed by atoms with Gasteiger partial charge < -0.3 is 19.5 Å². The Kier molecular flexibility index (Phi) is 5.48. The first-order valence-electron chi connectivity index (χ1n) is 5.49. The van der Waals surface area contributed by atoms with Gasteiger partial charge in [-0.15, -0.1) is 0 Å². The van der Waals surface area contributed by atoms with Gasteiger partial charge in [0.05, 0.1) is 25.9 Å². The first kappa shape index (κ1) is 13.2. The van der Waals surface area contributed by atoms with E-state index >= 15 is 0 Å². The van der Waals surface area contributed by atoms with E-state index < -0.39 is 18.6 Å². The topological polar surface area (TPSA) is 59.0 Å². The molecule has 0 saturated carbocycles. The van der Waals surface area contributed by atoms with Crippen molar-refractivity contribution < 1.29 is 23.8 Å². The van der Waals surface area contributed by atoms with Gasteiger partial charge in [0.25, 0.3) is 0 Å². The number of hydrogen-bond donors (Lipinski definition) is 1. The first-order valence-corrected chi connectivity index (χ1v) is 5.49. The third kappa shape index (κ3) is 3.94. The van der Waals surface area contributed by atoms with Crippen molar-refractivity contribution in [3.8, 4) is 0 Å². The maximum Gasteiger partial charge on any atom is 0.412 e. The molecule has 94 valence electrons. The zero-order valence-corrected chi connectivity index (χ0v) is 9.39. The summed E-state index contributed by atoms with van der Waals surface area (Å²) in [7, 11) is 0. The summed E-state index contributed by atoms with van der Waals surface area (Å²) >= 11 is 0. The summed E-state index contributed by atoms with van der Waals surface area (Å²) in [4.78, 5) is 12.8. The highest BCUT2D eigenvalue weighted by molar-refractivity contribution is 5.67. The molecule has 0 radical (unpaired) electrons. The van der Waals surface area contributed by atoms with Crippen molar-refractivity contribution in [1.82, 2.24) is 4.90 Å². The highest BCUT2D eigenvalue weighted by Crippen LogP contribution is 2.10. The van der Waals surface area contributed by atoms with Gasteiger partial charge in [0.2, 0.25) is 6.36 Å². The van der Waals surface area contributed by atoms with Crippen molar-refractivity contribution in [2.24, 2.45) is 0 Å². The molecule has 1 N–H and O–H groups in total. The Hall–Kier alpha value is -0.880. The van der Waals surface area contributed by atoms with Crippen LogP contribution in [0.2, 0.25) is 0 Å². The lowest BCUT2D eigenvalue weighted by molar-refractivity contribution is -0.0659. The Morgan fingerprint density at radius 2 is 2.50 bits per heavy atom. The average Bonchev–Trinajstić information content (AvgIpc) is 2.29. The monoisotopic (exact) mass is 235 g/mol. The number of aliphatic hydroxyl groups excluding tert-OH is 1. The van der Waals surface area contributed by atoms with E-state index in [4.69, 9.17) is 9.84 Å². The minimum absolute atomic E-state index is 0.155. The number of amides is 1. The summed E-state index contributed by atoms with van der Waals surface area (Å²) in [5.41, 5.74) is 0. The Morgan fingerprint density at radius 3 is 3.12 bits per heavy atom. The van der Waals surface area contributed by atoms with Gasteiger partial charge in [0, 0.05) is 13.0 Å². The number of alkyl halides is 1. The fourth-order valence-electron chi connectivity index (χ4n) is 1.47. The van der Waals surface area contributed by atoms with Crippen LogP contribution in [-0.4, -0.2) is 54.9 Å². The number of ether oxygens (including phenoxy) is 2. The molecule has 5 nitrogen and oxygen atoms in total. The van der Waals surface area contributed by atoms with Crippen LogP contribution in [0.3, 0.4) is 0 Å². The minimum Gasteiger partial charge on any atom is -0.415 e. The van der Waals surface area contributed by atoms with Crippen molar-refractivity contribution in [3.63, 3.8) is 0 Å². The van der Waals surface area contributed by atoms with Gasteiger partial charge in [-0.3, -0.25) is 0 Å². The van der Waals surface area contributed by atoms with E-state index in [-0.39, 0.29) is 19.6 Å². The fourth-order valence-corrected chi connectivity index (χ4v) is 1.47. The van der Waals surface area contributed by atoms with Crippen LogP contribution in [0.1, 0.15) is 19.8 Å². The molecule has 1 aliphatic rings. The predicted molar refractivity (Wildman–Crippen MR) is 54.7 cm³/mol. The smallest absolute Gasteiger partial charge is 0.412 e. The molecule has 0 spiro atoms. The quantitative estimate of drug-likeness (QED) is 0.787. The molecule has 6 heteroatoms. The Morgan fingerprint density at radius 1 is 1.75 bits per heavy atom. The normalized spacial score (nSPS) is 22.9. The molecular weight excluding hydrogens is 217 g/mol. The van der Waals surface area contributed by atoms with Crippen LogP contribution < -0.4 is 0 Å². The molecule has 0 aromatic heterocycles. The number of morpholine rings is 1. The van der Waals surface area contributed by atoms with Crippen LogP contribution in [0.5, 0.6) is 0 Å². The van der Waals surface area contributed by atoms with Crippen molar-refractivity contribution in [1.29, 1.82) is 0 Å². The first-order chi connectivity index (χ1) is 7.67. The molecule has 0 aliphatic carbocycles. The van der Waals surface area contributed by atoms with E-state index in [0.29, 0.717) is 19.6 Å². The number of halogens is 1. The zero-order valence-electron chi connectivity index (χ0n) is 9.39. The van der Waals surface area contributed by atoms with Crippen LogP contribution in [0.25, 0.3) is 0 Å².